The Hall–Kier alpha value is -2.09. The van der Waals surface area contributed by atoms with Crippen molar-refractivity contribution in [2.45, 2.75) is 49.9 Å². The number of aromatic nitrogens is 1. The van der Waals surface area contributed by atoms with Gasteiger partial charge in [-0.15, -0.1) is 11.8 Å². The van der Waals surface area contributed by atoms with Gasteiger partial charge in [-0.05, 0) is 55.7 Å². The van der Waals surface area contributed by atoms with Gasteiger partial charge in [0, 0.05) is 22.3 Å². The summed E-state index contributed by atoms with van der Waals surface area (Å²) in [6.07, 6.45) is 2.02. The lowest BCUT2D eigenvalue weighted by Gasteiger charge is -2.23. The summed E-state index contributed by atoms with van der Waals surface area (Å²) in [4.78, 5) is 21.4. The van der Waals surface area contributed by atoms with Crippen molar-refractivity contribution < 1.29 is 14.3 Å². The van der Waals surface area contributed by atoms with Crippen LogP contribution in [0, 0.1) is 6.92 Å². The zero-order valence-electron chi connectivity index (χ0n) is 18.4. The number of nitrogens with zero attached hydrogens (tertiary/aromatic N) is 2. The third-order valence-corrected chi connectivity index (χ3v) is 7.50. The number of hydrogen-bond donors (Lipinski definition) is 0. The van der Waals surface area contributed by atoms with E-state index >= 15 is 0 Å². The van der Waals surface area contributed by atoms with Crippen LogP contribution >= 0.6 is 23.1 Å². The Morgan fingerprint density at radius 3 is 2.71 bits per heavy atom. The molecule has 1 aliphatic heterocycles. The van der Waals surface area contributed by atoms with Gasteiger partial charge in [-0.3, -0.25) is 9.69 Å². The number of ether oxygens (including phenoxy) is 2. The van der Waals surface area contributed by atoms with Gasteiger partial charge >= 0.3 is 0 Å². The first-order valence-corrected chi connectivity index (χ1v) is 12.3. The molecular formula is C24H28N2O3S2. The molecule has 3 aromatic rings. The maximum atomic E-state index is 13.6. The minimum absolute atomic E-state index is 0.0368. The quantitative estimate of drug-likeness (QED) is 0.412. The first-order valence-electron chi connectivity index (χ1n) is 10.6. The van der Waals surface area contributed by atoms with Gasteiger partial charge in [0.15, 0.2) is 5.13 Å². The highest BCUT2D eigenvalue weighted by molar-refractivity contribution is 7.99. The Morgan fingerprint density at radius 1 is 1.29 bits per heavy atom. The number of hydrogen-bond acceptors (Lipinski definition) is 6. The number of rotatable bonds is 7. The molecule has 1 fully saturated rings. The molecule has 5 nitrogen and oxygen atoms in total. The number of benzene rings is 2. The second-order valence-corrected chi connectivity index (χ2v) is 10.6. The highest BCUT2D eigenvalue weighted by Crippen LogP contribution is 2.37. The Morgan fingerprint density at radius 2 is 2.06 bits per heavy atom. The Bertz CT molecular complexity index is 1060. The van der Waals surface area contributed by atoms with Crippen LogP contribution < -0.4 is 9.64 Å². The van der Waals surface area contributed by atoms with E-state index in [1.54, 1.807) is 23.8 Å². The molecule has 7 heteroatoms. The van der Waals surface area contributed by atoms with Gasteiger partial charge in [-0.2, -0.15) is 0 Å². The Balaban J connectivity index is 1.69. The predicted octanol–water partition coefficient (Wildman–Crippen LogP) is 5.94. The van der Waals surface area contributed by atoms with Crippen molar-refractivity contribution >= 4 is 44.4 Å². The number of thioether (sulfide) groups is 1. The molecule has 0 radical (unpaired) electrons. The largest absolute Gasteiger partial charge is 0.494 e. The second-order valence-electron chi connectivity index (χ2n) is 8.00. The lowest BCUT2D eigenvalue weighted by molar-refractivity contribution is 0.0917. The average molecular weight is 457 g/mol. The number of carbonyl (C=O) groups is 1. The molecule has 1 atom stereocenters. The number of anilines is 1. The molecule has 1 saturated heterocycles. The van der Waals surface area contributed by atoms with E-state index in [0.717, 1.165) is 45.9 Å². The predicted molar refractivity (Wildman–Crippen MR) is 129 cm³/mol. The van der Waals surface area contributed by atoms with Crippen LogP contribution in [0.1, 0.15) is 42.6 Å². The van der Waals surface area contributed by atoms with Crippen molar-refractivity contribution in [1.82, 2.24) is 4.98 Å². The van der Waals surface area contributed by atoms with Crippen LogP contribution in [-0.2, 0) is 4.74 Å². The van der Waals surface area contributed by atoms with Crippen LogP contribution in [0.5, 0.6) is 5.75 Å². The van der Waals surface area contributed by atoms with E-state index in [-0.39, 0.29) is 12.0 Å². The zero-order valence-corrected chi connectivity index (χ0v) is 20.0. The Kier molecular flexibility index (Phi) is 6.84. The molecule has 1 aromatic heterocycles. The van der Waals surface area contributed by atoms with Gasteiger partial charge in [0.2, 0.25) is 0 Å². The zero-order chi connectivity index (χ0) is 22.0. The SMILES string of the molecule is COc1ccc(C)c2sc(N(CC3CCCO3)C(=O)c3ccc(SC(C)C)cc3)nc12. The minimum Gasteiger partial charge on any atom is -0.494 e. The molecule has 2 aromatic carbocycles. The summed E-state index contributed by atoms with van der Waals surface area (Å²) in [5.41, 5.74) is 2.59. The van der Waals surface area contributed by atoms with E-state index in [0.29, 0.717) is 22.5 Å². The molecule has 1 aliphatic rings. The van der Waals surface area contributed by atoms with Crippen molar-refractivity contribution in [3.8, 4) is 5.75 Å². The fraction of sp³-hybridized carbons (Fsp3) is 0.417. The number of thiazole rings is 1. The maximum Gasteiger partial charge on any atom is 0.260 e. The van der Waals surface area contributed by atoms with E-state index in [4.69, 9.17) is 14.5 Å². The normalized spacial score (nSPS) is 16.2. The van der Waals surface area contributed by atoms with E-state index in [9.17, 15) is 4.79 Å². The van der Waals surface area contributed by atoms with E-state index in [1.165, 1.54) is 11.3 Å². The van der Waals surface area contributed by atoms with Crippen LogP contribution in [-0.4, -0.2) is 42.5 Å². The Labute approximate surface area is 191 Å². The fourth-order valence-corrected chi connectivity index (χ4v) is 5.62. The fourth-order valence-electron chi connectivity index (χ4n) is 3.72. The summed E-state index contributed by atoms with van der Waals surface area (Å²) in [5, 5.41) is 1.18. The molecule has 0 spiro atoms. The van der Waals surface area contributed by atoms with Crippen molar-refractivity contribution in [3.63, 3.8) is 0 Å². The van der Waals surface area contributed by atoms with Gasteiger partial charge in [0.05, 0.1) is 24.5 Å². The van der Waals surface area contributed by atoms with Gasteiger partial charge in [-0.25, -0.2) is 4.98 Å². The molecule has 0 N–H and O–H groups in total. The molecule has 2 heterocycles. The van der Waals surface area contributed by atoms with E-state index in [1.807, 2.05) is 36.4 Å². The standard InChI is InChI=1S/C24H28N2O3S2/c1-15(2)30-19-10-8-17(9-11-19)23(27)26(14-18-6-5-13-29-18)24-25-21-20(28-4)12-7-16(3)22(21)31-24/h7-12,15,18H,5-6,13-14H2,1-4H3. The smallest absolute Gasteiger partial charge is 0.260 e. The van der Waals surface area contributed by atoms with Crippen LogP contribution in [0.15, 0.2) is 41.3 Å². The first-order chi connectivity index (χ1) is 15.0. The molecular weight excluding hydrogens is 428 g/mol. The number of aryl methyl sites for hydroxylation is 1. The van der Waals surface area contributed by atoms with Crippen LogP contribution in [0.25, 0.3) is 10.2 Å². The van der Waals surface area contributed by atoms with Gasteiger partial charge in [-0.1, -0.05) is 31.3 Å². The van der Waals surface area contributed by atoms with Crippen molar-refractivity contribution in [2.24, 2.45) is 0 Å². The number of carbonyl (C=O) groups excluding carboxylic acids is 1. The highest BCUT2D eigenvalue weighted by atomic mass is 32.2. The second kappa shape index (κ2) is 9.59. The van der Waals surface area contributed by atoms with E-state index < -0.39 is 0 Å². The molecule has 4 rings (SSSR count). The van der Waals surface area contributed by atoms with Gasteiger partial charge < -0.3 is 9.47 Å². The minimum atomic E-state index is -0.0488. The number of methoxy groups -OCH3 is 1. The van der Waals surface area contributed by atoms with E-state index in [2.05, 4.69) is 20.8 Å². The lowest BCUT2D eigenvalue weighted by atomic mass is 10.2. The van der Waals surface area contributed by atoms with Crippen LogP contribution in [0.2, 0.25) is 0 Å². The molecule has 1 unspecified atom stereocenters. The topological polar surface area (TPSA) is 51.7 Å². The molecule has 1 amide bonds. The van der Waals surface area contributed by atoms with Crippen molar-refractivity contribution in [2.75, 3.05) is 25.2 Å². The van der Waals surface area contributed by atoms with Crippen LogP contribution in [0.4, 0.5) is 5.13 Å². The first kappa shape index (κ1) is 22.1. The number of amides is 1. The molecule has 0 saturated carbocycles. The molecule has 164 valence electrons. The molecule has 31 heavy (non-hydrogen) atoms. The van der Waals surface area contributed by atoms with Gasteiger partial charge in [0.25, 0.3) is 5.91 Å². The highest BCUT2D eigenvalue weighted by Gasteiger charge is 2.28. The molecule has 0 aliphatic carbocycles. The summed E-state index contributed by atoms with van der Waals surface area (Å²) in [7, 11) is 1.65. The number of fused-ring (bicyclic) bond motifs is 1. The van der Waals surface area contributed by atoms with Crippen LogP contribution in [0.3, 0.4) is 0 Å². The third-order valence-electron chi connectivity index (χ3n) is 5.27. The summed E-state index contributed by atoms with van der Waals surface area (Å²) in [5.74, 6) is 0.676. The monoisotopic (exact) mass is 456 g/mol. The van der Waals surface area contributed by atoms with Crippen molar-refractivity contribution in [3.05, 3.63) is 47.5 Å². The third kappa shape index (κ3) is 4.89. The maximum absolute atomic E-state index is 13.6. The summed E-state index contributed by atoms with van der Waals surface area (Å²) < 4.78 is 12.4. The summed E-state index contributed by atoms with van der Waals surface area (Å²) in [6.45, 7) is 7.64. The molecule has 0 bridgehead atoms. The van der Waals surface area contributed by atoms with Crippen molar-refractivity contribution in [1.29, 1.82) is 0 Å². The average Bonchev–Trinajstić information content (AvgIpc) is 3.42. The summed E-state index contributed by atoms with van der Waals surface area (Å²) >= 11 is 3.32. The lowest BCUT2D eigenvalue weighted by Crippen LogP contribution is -2.37. The van der Waals surface area contributed by atoms with Gasteiger partial charge in [0.1, 0.15) is 11.3 Å². The summed E-state index contributed by atoms with van der Waals surface area (Å²) in [6, 6.07) is 11.8.